The average Bonchev–Trinajstić information content (AvgIpc) is 2.82. The zero-order valence-electron chi connectivity index (χ0n) is 24.2. The van der Waals surface area contributed by atoms with E-state index in [1.165, 1.54) is 83.5 Å². The first-order valence-electron chi connectivity index (χ1n) is 15.2. The van der Waals surface area contributed by atoms with Crippen molar-refractivity contribution in [3.05, 3.63) is 0 Å². The molecule has 0 rings (SSSR count). The molecule has 4 heteroatoms. The minimum Gasteiger partial charge on any atom is -0.368 e. The first-order valence-corrected chi connectivity index (χ1v) is 15.2. The Balaban J connectivity index is 5.13. The van der Waals surface area contributed by atoms with Crippen molar-refractivity contribution in [2.75, 3.05) is 19.8 Å². The summed E-state index contributed by atoms with van der Waals surface area (Å²) in [5.74, 6) is -0.849. The monoisotopic (exact) mass is 485 g/mol. The van der Waals surface area contributed by atoms with Crippen LogP contribution >= 0.6 is 0 Å². The fourth-order valence-electron chi connectivity index (χ4n) is 5.48. The molecule has 206 valence electrons. The van der Waals surface area contributed by atoms with Gasteiger partial charge < -0.3 is 14.2 Å². The molecule has 4 nitrogen and oxygen atoms in total. The van der Waals surface area contributed by atoms with E-state index in [-0.39, 0.29) is 0 Å². The molecular weight excluding hydrogens is 422 g/mol. The van der Waals surface area contributed by atoms with Crippen molar-refractivity contribution < 1.29 is 14.2 Å². The molecule has 2 atom stereocenters. The predicted molar refractivity (Wildman–Crippen MR) is 148 cm³/mol. The molecule has 0 aliphatic heterocycles. The molecule has 0 saturated heterocycles. The van der Waals surface area contributed by atoms with E-state index in [2.05, 4.69) is 27.7 Å². The maximum absolute atomic E-state index is 6.96. The lowest BCUT2D eigenvalue weighted by Crippen LogP contribution is -2.68. The molecule has 0 bridgehead atoms. The van der Waals surface area contributed by atoms with E-state index >= 15 is 0 Å². The van der Waals surface area contributed by atoms with Crippen LogP contribution in [0, 0.1) is 5.92 Å². The molecule has 0 spiro atoms. The van der Waals surface area contributed by atoms with Gasteiger partial charge in [-0.2, -0.15) is 0 Å². The smallest absolute Gasteiger partial charge is 0.255 e. The van der Waals surface area contributed by atoms with Crippen LogP contribution in [0.15, 0.2) is 0 Å². The first-order chi connectivity index (χ1) is 16.5. The summed E-state index contributed by atoms with van der Waals surface area (Å²) in [6.07, 6.45) is 22.8. The molecule has 0 aliphatic rings. The third-order valence-corrected chi connectivity index (χ3v) is 7.33. The van der Waals surface area contributed by atoms with Crippen molar-refractivity contribution in [1.29, 1.82) is 0 Å². The summed E-state index contributed by atoms with van der Waals surface area (Å²) in [6, 6.07) is 0. The summed E-state index contributed by atoms with van der Waals surface area (Å²) in [6.45, 7) is 14.6. The van der Waals surface area contributed by atoms with Crippen molar-refractivity contribution in [2.45, 2.75) is 169 Å². The molecule has 0 amide bonds. The van der Waals surface area contributed by atoms with Crippen LogP contribution in [0.5, 0.6) is 0 Å². The second-order valence-electron chi connectivity index (χ2n) is 10.1. The van der Waals surface area contributed by atoms with Gasteiger partial charge in [-0.25, -0.2) is 0 Å². The highest BCUT2D eigenvalue weighted by Gasteiger charge is 2.56. The lowest BCUT2D eigenvalue weighted by atomic mass is 9.74. The largest absolute Gasteiger partial charge is 0.368 e. The van der Waals surface area contributed by atoms with Crippen molar-refractivity contribution in [3.63, 3.8) is 0 Å². The number of unbranched alkanes of at least 4 members (excludes halogenated alkanes) is 12. The Hall–Kier alpha value is -0.160. The van der Waals surface area contributed by atoms with E-state index < -0.39 is 11.5 Å². The van der Waals surface area contributed by atoms with Crippen molar-refractivity contribution in [2.24, 2.45) is 11.7 Å². The summed E-state index contributed by atoms with van der Waals surface area (Å²) in [5, 5.41) is 0. The Morgan fingerprint density at radius 1 is 0.500 bits per heavy atom. The molecule has 0 radical (unpaired) electrons. The molecule has 0 saturated carbocycles. The SMILES string of the molecule is CCCCCCCCCCCCCC(CCCC)C(CCCC)(OCC)C(N)(OCC)OCC. The molecule has 0 aromatic carbocycles. The summed E-state index contributed by atoms with van der Waals surface area (Å²) >= 11 is 0. The highest BCUT2D eigenvalue weighted by Crippen LogP contribution is 2.43. The lowest BCUT2D eigenvalue weighted by Gasteiger charge is -2.51. The summed E-state index contributed by atoms with van der Waals surface area (Å²) in [4.78, 5) is 0. The van der Waals surface area contributed by atoms with Gasteiger partial charge in [-0.1, -0.05) is 117 Å². The molecule has 0 fully saturated rings. The summed E-state index contributed by atoms with van der Waals surface area (Å²) in [5.41, 5.74) is 6.36. The molecule has 34 heavy (non-hydrogen) atoms. The minimum atomic E-state index is -1.20. The molecular formula is C30H63NO3. The van der Waals surface area contributed by atoms with Gasteiger partial charge in [-0.15, -0.1) is 0 Å². The van der Waals surface area contributed by atoms with Gasteiger partial charge in [0.2, 0.25) is 0 Å². The minimum absolute atomic E-state index is 0.348. The van der Waals surface area contributed by atoms with Gasteiger partial charge in [-0.05, 0) is 46.0 Å². The van der Waals surface area contributed by atoms with Gasteiger partial charge in [0.05, 0.1) is 0 Å². The van der Waals surface area contributed by atoms with Crippen LogP contribution in [0.3, 0.4) is 0 Å². The third-order valence-electron chi connectivity index (χ3n) is 7.33. The fourth-order valence-corrected chi connectivity index (χ4v) is 5.48. The maximum atomic E-state index is 6.96. The van der Waals surface area contributed by atoms with Crippen LogP contribution < -0.4 is 5.73 Å². The van der Waals surface area contributed by atoms with Gasteiger partial charge in [0.15, 0.2) is 0 Å². The number of ether oxygens (including phenoxy) is 3. The molecule has 0 aromatic heterocycles. The van der Waals surface area contributed by atoms with Gasteiger partial charge >= 0.3 is 0 Å². The normalized spacial score (nSPS) is 14.9. The van der Waals surface area contributed by atoms with Crippen LogP contribution in [0.1, 0.15) is 157 Å². The van der Waals surface area contributed by atoms with Crippen LogP contribution in [0.4, 0.5) is 0 Å². The Bertz CT molecular complexity index is 425. The Morgan fingerprint density at radius 3 is 1.35 bits per heavy atom. The highest BCUT2D eigenvalue weighted by molar-refractivity contribution is 4.99. The number of nitrogens with two attached hydrogens (primary N) is 1. The zero-order chi connectivity index (χ0) is 25.5. The van der Waals surface area contributed by atoms with Gasteiger partial charge in [-0.3, -0.25) is 5.73 Å². The highest BCUT2D eigenvalue weighted by atomic mass is 16.7. The molecule has 0 aromatic rings. The average molecular weight is 486 g/mol. The number of hydrogen-bond donors (Lipinski definition) is 1. The van der Waals surface area contributed by atoms with E-state index in [0.717, 1.165) is 32.1 Å². The Kier molecular flexibility index (Phi) is 22.0. The van der Waals surface area contributed by atoms with Gasteiger partial charge in [0, 0.05) is 19.8 Å². The summed E-state index contributed by atoms with van der Waals surface area (Å²) < 4.78 is 19.0. The number of rotatable bonds is 26. The first kappa shape index (κ1) is 33.8. The van der Waals surface area contributed by atoms with Gasteiger partial charge in [0.1, 0.15) is 5.60 Å². The lowest BCUT2D eigenvalue weighted by molar-refractivity contribution is -0.345. The van der Waals surface area contributed by atoms with E-state index in [4.69, 9.17) is 19.9 Å². The molecule has 0 heterocycles. The Morgan fingerprint density at radius 2 is 0.912 bits per heavy atom. The second kappa shape index (κ2) is 22.1. The second-order valence-corrected chi connectivity index (χ2v) is 10.1. The maximum Gasteiger partial charge on any atom is 0.255 e. The van der Waals surface area contributed by atoms with Crippen molar-refractivity contribution >= 4 is 0 Å². The molecule has 2 unspecified atom stereocenters. The van der Waals surface area contributed by atoms with Crippen LogP contribution in [0.25, 0.3) is 0 Å². The summed E-state index contributed by atoms with van der Waals surface area (Å²) in [7, 11) is 0. The van der Waals surface area contributed by atoms with Crippen LogP contribution in [-0.4, -0.2) is 31.3 Å². The quantitative estimate of drug-likeness (QED) is 0.0980. The Labute approximate surface area is 214 Å². The van der Waals surface area contributed by atoms with Crippen LogP contribution in [-0.2, 0) is 14.2 Å². The number of hydrogen-bond acceptors (Lipinski definition) is 4. The van der Waals surface area contributed by atoms with E-state index in [0.29, 0.717) is 25.7 Å². The van der Waals surface area contributed by atoms with Crippen molar-refractivity contribution in [3.8, 4) is 0 Å². The van der Waals surface area contributed by atoms with E-state index in [9.17, 15) is 0 Å². The molecule has 2 N–H and O–H groups in total. The third kappa shape index (κ3) is 12.7. The standard InChI is InChI=1S/C30H63NO3/c1-7-13-16-17-18-19-20-21-22-23-24-26-28(25-14-8-2)29(32-10-4,27-15-9-3)30(31,33-11-5)34-12-6/h28H,7-27,31H2,1-6H3. The van der Waals surface area contributed by atoms with Gasteiger partial charge in [0.25, 0.3) is 5.91 Å². The van der Waals surface area contributed by atoms with Crippen LogP contribution in [0.2, 0.25) is 0 Å². The predicted octanol–water partition coefficient (Wildman–Crippen LogP) is 9.14. The van der Waals surface area contributed by atoms with E-state index in [1.807, 2.05) is 13.8 Å². The molecule has 0 aliphatic carbocycles. The van der Waals surface area contributed by atoms with E-state index in [1.54, 1.807) is 0 Å². The van der Waals surface area contributed by atoms with Crippen molar-refractivity contribution in [1.82, 2.24) is 0 Å². The topological polar surface area (TPSA) is 53.7 Å². The fraction of sp³-hybridized carbons (Fsp3) is 1.00. The zero-order valence-corrected chi connectivity index (χ0v) is 24.2.